The molecule has 0 aliphatic carbocycles. The first kappa shape index (κ1) is 21.7. The van der Waals surface area contributed by atoms with E-state index in [1.807, 2.05) is 4.57 Å². The van der Waals surface area contributed by atoms with E-state index in [9.17, 15) is 17.6 Å². The van der Waals surface area contributed by atoms with E-state index < -0.39 is 17.6 Å². The quantitative estimate of drug-likeness (QED) is 0.514. The Morgan fingerprint density at radius 1 is 1.24 bits per heavy atom. The highest BCUT2D eigenvalue weighted by atomic mass is 19.4. The predicted molar refractivity (Wildman–Crippen MR) is 102 cm³/mol. The molecule has 29 heavy (non-hydrogen) atoms. The van der Waals surface area contributed by atoms with E-state index in [1.165, 1.54) is 6.07 Å². The van der Waals surface area contributed by atoms with Crippen LogP contribution in [0.1, 0.15) is 30.1 Å². The first-order valence-electron chi connectivity index (χ1n) is 9.74. The lowest BCUT2D eigenvalue weighted by atomic mass is 9.97. The lowest BCUT2D eigenvalue weighted by Gasteiger charge is -2.23. The second-order valence-corrected chi connectivity index (χ2v) is 7.14. The maximum absolute atomic E-state index is 13.7. The monoisotopic (exact) mass is 414 g/mol. The van der Waals surface area contributed by atoms with Crippen LogP contribution in [0.5, 0.6) is 0 Å². The zero-order valence-corrected chi connectivity index (χ0v) is 16.4. The van der Waals surface area contributed by atoms with Crippen LogP contribution in [0.4, 0.5) is 17.6 Å². The SMILES string of the molecule is COCCNCCn1cc(-c2ccc(F)c(C(F)(F)F)c2)nc1C1CCNCC1. The van der Waals surface area contributed by atoms with Crippen molar-refractivity contribution in [3.8, 4) is 11.3 Å². The van der Waals surface area contributed by atoms with E-state index in [2.05, 4.69) is 15.6 Å². The third-order valence-electron chi connectivity index (χ3n) is 5.09. The van der Waals surface area contributed by atoms with E-state index in [-0.39, 0.29) is 11.5 Å². The summed E-state index contributed by atoms with van der Waals surface area (Å²) in [5.74, 6) is -0.166. The minimum atomic E-state index is -4.74. The van der Waals surface area contributed by atoms with Crippen LogP contribution in [0.2, 0.25) is 0 Å². The van der Waals surface area contributed by atoms with Crippen molar-refractivity contribution in [3.05, 3.63) is 41.6 Å². The number of alkyl halides is 3. The summed E-state index contributed by atoms with van der Waals surface area (Å²) < 4.78 is 60.0. The van der Waals surface area contributed by atoms with Gasteiger partial charge in [0.05, 0.1) is 17.9 Å². The molecule has 0 amide bonds. The summed E-state index contributed by atoms with van der Waals surface area (Å²) in [6.07, 6.45) is -1.13. The highest BCUT2D eigenvalue weighted by molar-refractivity contribution is 5.60. The summed E-state index contributed by atoms with van der Waals surface area (Å²) in [5.41, 5.74) is -0.574. The summed E-state index contributed by atoms with van der Waals surface area (Å²) in [6, 6.07) is 3.04. The fourth-order valence-corrected chi connectivity index (χ4v) is 3.55. The molecule has 0 spiro atoms. The van der Waals surface area contributed by atoms with Crippen LogP contribution in [-0.2, 0) is 17.5 Å². The van der Waals surface area contributed by atoms with Gasteiger partial charge in [0.2, 0.25) is 0 Å². The third-order valence-corrected chi connectivity index (χ3v) is 5.09. The molecule has 1 aromatic carbocycles. The predicted octanol–water partition coefficient (Wildman–Crippen LogP) is 3.41. The summed E-state index contributed by atoms with van der Waals surface area (Å²) in [5, 5.41) is 6.58. The number of hydrogen-bond donors (Lipinski definition) is 2. The molecule has 9 heteroatoms. The first-order valence-corrected chi connectivity index (χ1v) is 9.74. The summed E-state index contributed by atoms with van der Waals surface area (Å²) in [7, 11) is 1.64. The van der Waals surface area contributed by atoms with Gasteiger partial charge in [0, 0.05) is 44.4 Å². The molecule has 0 unspecified atom stereocenters. The molecule has 1 fully saturated rings. The second-order valence-electron chi connectivity index (χ2n) is 7.14. The second kappa shape index (κ2) is 9.69. The Kier molecular flexibility index (Phi) is 7.26. The van der Waals surface area contributed by atoms with Gasteiger partial charge in [0.1, 0.15) is 11.6 Å². The number of ether oxygens (including phenoxy) is 1. The van der Waals surface area contributed by atoms with Crippen LogP contribution in [0, 0.1) is 5.82 Å². The summed E-state index contributed by atoms with van der Waals surface area (Å²) >= 11 is 0. The molecule has 0 radical (unpaired) electrons. The summed E-state index contributed by atoms with van der Waals surface area (Å²) in [6.45, 7) is 4.42. The van der Waals surface area contributed by atoms with Crippen LogP contribution in [0.15, 0.2) is 24.4 Å². The zero-order chi connectivity index (χ0) is 20.9. The van der Waals surface area contributed by atoms with Gasteiger partial charge < -0.3 is 19.9 Å². The molecule has 1 aromatic heterocycles. The average Bonchev–Trinajstić information content (AvgIpc) is 3.12. The van der Waals surface area contributed by atoms with Crippen LogP contribution in [-0.4, -0.2) is 49.4 Å². The fourth-order valence-electron chi connectivity index (χ4n) is 3.55. The molecule has 2 N–H and O–H groups in total. The number of halogens is 4. The van der Waals surface area contributed by atoms with Gasteiger partial charge in [-0.15, -0.1) is 0 Å². The van der Waals surface area contributed by atoms with Gasteiger partial charge in [-0.05, 0) is 44.1 Å². The van der Waals surface area contributed by atoms with Crippen molar-refractivity contribution in [1.82, 2.24) is 20.2 Å². The molecule has 2 aromatic rings. The molecule has 0 saturated carbocycles. The van der Waals surface area contributed by atoms with E-state index in [1.54, 1.807) is 13.3 Å². The molecule has 1 aliphatic heterocycles. The van der Waals surface area contributed by atoms with Crippen molar-refractivity contribution in [3.63, 3.8) is 0 Å². The number of imidazole rings is 1. The maximum atomic E-state index is 13.7. The van der Waals surface area contributed by atoms with Crippen LogP contribution >= 0.6 is 0 Å². The molecule has 1 aliphatic rings. The van der Waals surface area contributed by atoms with Crippen molar-refractivity contribution >= 4 is 0 Å². The van der Waals surface area contributed by atoms with Crippen molar-refractivity contribution in [2.24, 2.45) is 0 Å². The van der Waals surface area contributed by atoms with E-state index in [0.29, 0.717) is 31.9 Å². The number of hydrogen-bond acceptors (Lipinski definition) is 4. The van der Waals surface area contributed by atoms with Gasteiger partial charge in [-0.3, -0.25) is 0 Å². The highest BCUT2D eigenvalue weighted by Crippen LogP contribution is 2.35. The highest BCUT2D eigenvalue weighted by Gasteiger charge is 2.34. The first-order chi connectivity index (χ1) is 13.9. The molecule has 160 valence electrons. The largest absolute Gasteiger partial charge is 0.419 e. The Labute approximate surface area is 167 Å². The average molecular weight is 414 g/mol. The van der Waals surface area contributed by atoms with Crippen LogP contribution < -0.4 is 10.6 Å². The normalized spacial score (nSPS) is 15.8. The van der Waals surface area contributed by atoms with Crippen LogP contribution in [0.25, 0.3) is 11.3 Å². The zero-order valence-electron chi connectivity index (χ0n) is 16.4. The molecule has 3 rings (SSSR count). The number of piperidine rings is 1. The molecule has 0 bridgehead atoms. The molecule has 0 atom stereocenters. The van der Waals surface area contributed by atoms with E-state index in [0.717, 1.165) is 43.9 Å². The smallest absolute Gasteiger partial charge is 0.383 e. The molecular weight excluding hydrogens is 388 g/mol. The number of benzene rings is 1. The molecular formula is C20H26F4N4O. The lowest BCUT2D eigenvalue weighted by Crippen LogP contribution is -2.29. The lowest BCUT2D eigenvalue weighted by molar-refractivity contribution is -0.139. The summed E-state index contributed by atoms with van der Waals surface area (Å²) in [4.78, 5) is 4.66. The Hall–Kier alpha value is -1.97. The van der Waals surface area contributed by atoms with E-state index >= 15 is 0 Å². The molecule has 5 nitrogen and oxygen atoms in total. The van der Waals surface area contributed by atoms with Gasteiger partial charge in [-0.2, -0.15) is 13.2 Å². The van der Waals surface area contributed by atoms with E-state index in [4.69, 9.17) is 4.74 Å². The third kappa shape index (κ3) is 5.55. The van der Waals surface area contributed by atoms with Crippen molar-refractivity contribution in [1.29, 1.82) is 0 Å². The Balaban J connectivity index is 1.87. The van der Waals surface area contributed by atoms with Crippen LogP contribution in [0.3, 0.4) is 0 Å². The number of rotatable bonds is 8. The topological polar surface area (TPSA) is 51.1 Å². The fraction of sp³-hybridized carbons (Fsp3) is 0.550. The molecule has 2 heterocycles. The minimum absolute atomic E-state index is 0.242. The number of aromatic nitrogens is 2. The standard InChI is InChI=1S/C20H26F4N4O/c1-29-11-9-26-8-10-28-13-18(27-19(28)14-4-6-25-7-5-14)15-2-3-17(21)16(12-15)20(22,23)24/h2-3,12-14,25-26H,4-11H2,1H3. The minimum Gasteiger partial charge on any atom is -0.383 e. The van der Waals surface area contributed by atoms with Gasteiger partial charge in [0.15, 0.2) is 0 Å². The Bertz CT molecular complexity index is 800. The van der Waals surface area contributed by atoms with Gasteiger partial charge >= 0.3 is 6.18 Å². The number of nitrogens with one attached hydrogen (secondary N) is 2. The number of nitrogens with zero attached hydrogens (tertiary/aromatic N) is 2. The van der Waals surface area contributed by atoms with Gasteiger partial charge in [0.25, 0.3) is 0 Å². The maximum Gasteiger partial charge on any atom is 0.419 e. The molecule has 1 saturated heterocycles. The number of methoxy groups -OCH3 is 1. The Morgan fingerprint density at radius 3 is 2.69 bits per heavy atom. The van der Waals surface area contributed by atoms with Crippen molar-refractivity contribution in [2.75, 3.05) is 39.9 Å². The van der Waals surface area contributed by atoms with Gasteiger partial charge in [-0.25, -0.2) is 9.37 Å². The van der Waals surface area contributed by atoms with Gasteiger partial charge in [-0.1, -0.05) is 0 Å². The Morgan fingerprint density at radius 2 is 2.00 bits per heavy atom. The van der Waals surface area contributed by atoms with Crippen molar-refractivity contribution in [2.45, 2.75) is 31.5 Å². The van der Waals surface area contributed by atoms with Crippen molar-refractivity contribution < 1.29 is 22.3 Å².